The molecule has 0 aliphatic carbocycles. The Kier molecular flexibility index (Phi) is 6.83. The predicted octanol–water partition coefficient (Wildman–Crippen LogP) is 5.26. The van der Waals surface area contributed by atoms with Gasteiger partial charge in [0.05, 0.1) is 28.2 Å². The van der Waals surface area contributed by atoms with Crippen LogP contribution >= 0.6 is 15.9 Å². The third kappa shape index (κ3) is 6.92. The zero-order valence-corrected chi connectivity index (χ0v) is 19.5. The van der Waals surface area contributed by atoms with Crippen molar-refractivity contribution in [3.8, 4) is 11.4 Å². The Labute approximate surface area is 180 Å². The van der Waals surface area contributed by atoms with Crippen LogP contribution in [0.5, 0.6) is 0 Å². The molecule has 2 aromatic heterocycles. The molecular formula is C22H27BrN2O4. The number of halogens is 1. The van der Waals surface area contributed by atoms with Gasteiger partial charge in [0, 0.05) is 11.0 Å². The van der Waals surface area contributed by atoms with Crippen LogP contribution in [0, 0.1) is 6.92 Å². The van der Waals surface area contributed by atoms with Crippen LogP contribution in [-0.2, 0) is 14.8 Å². The Bertz CT molecular complexity index is 927. The molecule has 0 aromatic carbocycles. The summed E-state index contributed by atoms with van der Waals surface area (Å²) in [6.07, 6.45) is 0. The molecule has 0 saturated carbocycles. The summed E-state index contributed by atoms with van der Waals surface area (Å²) in [4.78, 5) is 34.1. The number of aryl methyl sites for hydroxylation is 1. The molecule has 29 heavy (non-hydrogen) atoms. The number of hydrogen-bond acceptors (Lipinski definition) is 6. The maximum absolute atomic E-state index is 12.6. The zero-order chi connectivity index (χ0) is 22.0. The molecule has 2 aromatic rings. The van der Waals surface area contributed by atoms with E-state index in [1.54, 1.807) is 31.2 Å². The van der Waals surface area contributed by atoms with Crippen molar-refractivity contribution in [2.24, 2.45) is 0 Å². The molecule has 2 rings (SSSR count). The summed E-state index contributed by atoms with van der Waals surface area (Å²) in [5.74, 6) is -0.878. The summed E-state index contributed by atoms with van der Waals surface area (Å²) >= 11 is 3.38. The van der Waals surface area contributed by atoms with Crippen molar-refractivity contribution in [1.29, 1.82) is 0 Å². The lowest BCUT2D eigenvalue weighted by atomic mass is 10.1. The van der Waals surface area contributed by atoms with E-state index in [9.17, 15) is 9.59 Å². The third-order valence-corrected chi connectivity index (χ3v) is 4.07. The molecule has 0 unspecified atom stereocenters. The van der Waals surface area contributed by atoms with Gasteiger partial charge in [-0.25, -0.2) is 9.59 Å². The molecule has 0 aliphatic heterocycles. The molecule has 0 N–H and O–H groups in total. The van der Waals surface area contributed by atoms with Gasteiger partial charge in [0.1, 0.15) is 11.2 Å². The molecule has 0 bridgehead atoms. The van der Waals surface area contributed by atoms with Crippen LogP contribution in [0.4, 0.5) is 0 Å². The number of pyridine rings is 2. The molecular weight excluding hydrogens is 436 g/mol. The fourth-order valence-electron chi connectivity index (χ4n) is 2.50. The maximum Gasteiger partial charge on any atom is 0.338 e. The van der Waals surface area contributed by atoms with Crippen molar-refractivity contribution in [1.82, 2.24) is 9.97 Å². The van der Waals surface area contributed by atoms with Gasteiger partial charge in [-0.05, 0) is 72.7 Å². The summed E-state index contributed by atoms with van der Waals surface area (Å²) in [5, 5.41) is 0.460. The number of hydrogen-bond donors (Lipinski definition) is 0. The number of esters is 2. The van der Waals surface area contributed by atoms with E-state index >= 15 is 0 Å². The van der Waals surface area contributed by atoms with Crippen LogP contribution < -0.4 is 0 Å². The molecule has 0 aliphatic rings. The van der Waals surface area contributed by atoms with Crippen molar-refractivity contribution in [3.05, 3.63) is 46.8 Å². The molecule has 0 radical (unpaired) electrons. The van der Waals surface area contributed by atoms with E-state index in [0.717, 1.165) is 0 Å². The molecule has 0 saturated heterocycles. The van der Waals surface area contributed by atoms with Crippen LogP contribution in [-0.4, -0.2) is 33.1 Å². The second kappa shape index (κ2) is 8.61. The van der Waals surface area contributed by atoms with E-state index in [4.69, 9.17) is 9.47 Å². The highest BCUT2D eigenvalue weighted by Gasteiger charge is 2.22. The normalized spacial score (nSPS) is 11.9. The smallest absolute Gasteiger partial charge is 0.338 e. The van der Waals surface area contributed by atoms with Gasteiger partial charge < -0.3 is 9.47 Å². The van der Waals surface area contributed by atoms with Crippen LogP contribution in [0.25, 0.3) is 11.4 Å². The van der Waals surface area contributed by atoms with Gasteiger partial charge in [-0.15, -0.1) is 0 Å². The molecule has 6 nitrogen and oxygen atoms in total. The highest BCUT2D eigenvalue weighted by molar-refractivity contribution is 9.08. The number of carbonyl (C=O) groups excluding carboxylic acids is 2. The Morgan fingerprint density at radius 2 is 1.28 bits per heavy atom. The van der Waals surface area contributed by atoms with E-state index < -0.39 is 23.1 Å². The molecule has 0 atom stereocenters. The third-order valence-electron chi connectivity index (χ3n) is 3.50. The van der Waals surface area contributed by atoms with Crippen molar-refractivity contribution >= 4 is 27.9 Å². The maximum atomic E-state index is 12.6. The number of ether oxygens (including phenoxy) is 2. The van der Waals surface area contributed by atoms with Gasteiger partial charge in [-0.3, -0.25) is 9.97 Å². The number of carbonyl (C=O) groups is 2. The van der Waals surface area contributed by atoms with Gasteiger partial charge in [-0.2, -0.15) is 0 Å². The van der Waals surface area contributed by atoms with Crippen molar-refractivity contribution in [3.63, 3.8) is 0 Å². The first kappa shape index (κ1) is 23.0. The lowest BCUT2D eigenvalue weighted by Crippen LogP contribution is -2.24. The van der Waals surface area contributed by atoms with Gasteiger partial charge in [0.25, 0.3) is 0 Å². The Hall–Kier alpha value is -2.28. The van der Waals surface area contributed by atoms with E-state index in [0.29, 0.717) is 39.2 Å². The average Bonchev–Trinajstić information content (AvgIpc) is 2.57. The fourth-order valence-corrected chi connectivity index (χ4v) is 2.78. The van der Waals surface area contributed by atoms with Crippen LogP contribution in [0.3, 0.4) is 0 Å². The first-order valence-corrected chi connectivity index (χ1v) is 10.4. The van der Waals surface area contributed by atoms with E-state index in [2.05, 4.69) is 25.9 Å². The molecule has 0 spiro atoms. The predicted molar refractivity (Wildman–Crippen MR) is 115 cm³/mol. The van der Waals surface area contributed by atoms with Crippen molar-refractivity contribution in [2.75, 3.05) is 0 Å². The molecule has 7 heteroatoms. The van der Waals surface area contributed by atoms with Gasteiger partial charge in [0.15, 0.2) is 0 Å². The summed E-state index contributed by atoms with van der Waals surface area (Å²) in [5.41, 5.74) is 1.81. The number of aromatic nitrogens is 2. The molecule has 0 fully saturated rings. The SMILES string of the molecule is Cc1cc(C(=O)OC(C)(C)C)cc(-c2cc(C(=O)OC(C)(C)C)cc(CBr)n2)n1. The minimum Gasteiger partial charge on any atom is -0.456 e. The van der Waals surface area contributed by atoms with Gasteiger partial charge >= 0.3 is 11.9 Å². The monoisotopic (exact) mass is 462 g/mol. The standard InChI is InChI=1S/C22H27BrN2O4/c1-13-8-14(19(26)28-21(2,3)4)10-17(24-13)18-11-15(9-16(12-23)25-18)20(27)29-22(5,6)7/h8-11H,12H2,1-7H3. The fraction of sp³-hybridized carbons (Fsp3) is 0.455. The second-order valence-corrected chi connectivity index (χ2v) is 9.31. The lowest BCUT2D eigenvalue weighted by Gasteiger charge is -2.20. The first-order valence-electron chi connectivity index (χ1n) is 9.30. The Morgan fingerprint density at radius 1 is 0.828 bits per heavy atom. The minimum absolute atomic E-state index is 0.376. The van der Waals surface area contributed by atoms with Gasteiger partial charge in [0.2, 0.25) is 0 Å². The second-order valence-electron chi connectivity index (χ2n) is 8.75. The number of nitrogens with zero attached hydrogens (tertiary/aromatic N) is 2. The highest BCUT2D eigenvalue weighted by Crippen LogP contribution is 2.23. The lowest BCUT2D eigenvalue weighted by molar-refractivity contribution is 0.00566. The molecule has 2 heterocycles. The number of alkyl halides is 1. The topological polar surface area (TPSA) is 78.4 Å². The number of rotatable bonds is 4. The van der Waals surface area contributed by atoms with E-state index in [1.165, 1.54) is 0 Å². The summed E-state index contributed by atoms with van der Waals surface area (Å²) in [6.45, 7) is 12.7. The molecule has 156 valence electrons. The minimum atomic E-state index is -0.611. The van der Waals surface area contributed by atoms with E-state index in [1.807, 2.05) is 41.5 Å². The quantitative estimate of drug-likeness (QED) is 0.455. The van der Waals surface area contributed by atoms with Crippen LogP contribution in [0.15, 0.2) is 24.3 Å². The van der Waals surface area contributed by atoms with Crippen LogP contribution in [0.2, 0.25) is 0 Å². The average molecular weight is 463 g/mol. The van der Waals surface area contributed by atoms with Crippen LogP contribution in [0.1, 0.15) is 73.6 Å². The first-order chi connectivity index (χ1) is 13.3. The van der Waals surface area contributed by atoms with Crippen molar-refractivity contribution in [2.45, 2.75) is 65.0 Å². The zero-order valence-electron chi connectivity index (χ0n) is 17.9. The largest absolute Gasteiger partial charge is 0.456 e. The van der Waals surface area contributed by atoms with Crippen molar-refractivity contribution < 1.29 is 19.1 Å². The Balaban J connectivity index is 2.49. The summed E-state index contributed by atoms with van der Waals surface area (Å²) < 4.78 is 10.9. The van der Waals surface area contributed by atoms with Gasteiger partial charge in [-0.1, -0.05) is 15.9 Å². The summed E-state index contributed by atoms with van der Waals surface area (Å²) in [7, 11) is 0. The Morgan fingerprint density at radius 3 is 1.72 bits per heavy atom. The summed E-state index contributed by atoms with van der Waals surface area (Å²) in [6, 6.07) is 6.60. The molecule has 0 amide bonds. The highest BCUT2D eigenvalue weighted by atomic mass is 79.9. The van der Waals surface area contributed by atoms with E-state index in [-0.39, 0.29) is 0 Å².